The van der Waals surface area contributed by atoms with Crippen molar-refractivity contribution in [3.63, 3.8) is 0 Å². The number of carbonyl (C=O) groups is 2. The third kappa shape index (κ3) is 15.7. The topological polar surface area (TPSA) is 162 Å². The number of hydrogen-bond acceptors (Lipinski definition) is 11. The molecular formula is C54H64N6O7. The highest BCUT2D eigenvalue weighted by Gasteiger charge is 2.29. The maximum absolute atomic E-state index is 13.2. The van der Waals surface area contributed by atoms with E-state index in [1.54, 1.807) is 26.6 Å². The lowest BCUT2D eigenvalue weighted by atomic mass is 9.94. The number of piperidine rings is 2. The first-order chi connectivity index (χ1) is 32.8. The van der Waals surface area contributed by atoms with Crippen LogP contribution in [0.2, 0.25) is 0 Å². The number of aromatic nitrogens is 2. The number of nitrogens with zero attached hydrogens (tertiary/aromatic N) is 4. The van der Waals surface area contributed by atoms with Gasteiger partial charge in [0.15, 0.2) is 0 Å². The predicted octanol–water partition coefficient (Wildman–Crippen LogP) is 8.09. The molecule has 4 aromatic carbocycles. The lowest BCUT2D eigenvalue weighted by Gasteiger charge is -2.32. The van der Waals surface area contributed by atoms with Gasteiger partial charge >= 0.3 is 5.97 Å². The van der Waals surface area contributed by atoms with Crippen LogP contribution < -0.4 is 30.0 Å². The first kappa shape index (κ1) is 49.6. The summed E-state index contributed by atoms with van der Waals surface area (Å²) in [7, 11) is 3.29. The molecular weight excluding hydrogens is 845 g/mol. The molecule has 0 aliphatic carbocycles. The average Bonchev–Trinajstić information content (AvgIpc) is 3.39. The summed E-state index contributed by atoms with van der Waals surface area (Å²) in [5, 5.41) is 12.2. The molecule has 8 rings (SSSR count). The quantitative estimate of drug-likeness (QED) is 0.0809. The molecule has 6 aromatic rings. The van der Waals surface area contributed by atoms with E-state index in [0.717, 1.165) is 110 Å². The molecule has 4 N–H and O–H groups in total. The summed E-state index contributed by atoms with van der Waals surface area (Å²) < 4.78 is 22.3. The van der Waals surface area contributed by atoms with E-state index in [4.69, 9.17) is 29.8 Å². The van der Waals surface area contributed by atoms with Gasteiger partial charge in [0.1, 0.15) is 36.2 Å². The highest BCUT2D eigenvalue weighted by atomic mass is 16.5. The smallest absolute Gasteiger partial charge is 0.306 e. The number of carbonyl (C=O) groups excluding carboxylic acids is 1. The highest BCUT2D eigenvalue weighted by molar-refractivity contribution is 5.79. The third-order valence-corrected chi connectivity index (χ3v) is 11.9. The van der Waals surface area contributed by atoms with Crippen LogP contribution in [-0.2, 0) is 9.59 Å². The van der Waals surface area contributed by atoms with Crippen molar-refractivity contribution in [1.29, 1.82) is 0 Å². The van der Waals surface area contributed by atoms with Gasteiger partial charge in [0.05, 0.1) is 43.6 Å². The zero-order valence-corrected chi connectivity index (χ0v) is 38.6. The Morgan fingerprint density at radius 1 is 0.597 bits per heavy atom. The molecule has 2 aliphatic heterocycles. The second kappa shape index (κ2) is 27.0. The first-order valence-corrected chi connectivity index (χ1v) is 23.0. The largest absolute Gasteiger partial charge is 0.496 e. The summed E-state index contributed by atoms with van der Waals surface area (Å²) in [5.74, 6) is 2.55. The molecule has 2 aromatic heterocycles. The number of benzene rings is 4. The van der Waals surface area contributed by atoms with Crippen molar-refractivity contribution in [2.75, 3.05) is 66.7 Å². The Balaban J connectivity index is 0.000000183. The maximum Gasteiger partial charge on any atom is 0.306 e. The summed E-state index contributed by atoms with van der Waals surface area (Å²) in [6.07, 6.45) is 6.65. The van der Waals surface area contributed by atoms with Crippen molar-refractivity contribution in [3.05, 3.63) is 181 Å². The standard InChI is InChI=1S/C27H31N3O3.C14H19NO3.C13H14N2O/c1-32-25-13-6-5-11-23(25)26(24-12-7-8-16-28-24)29-27(31)21-14-17-30(18-15-21)19-20-33-22-9-3-2-4-10-22;16-14(17)12-6-8-15(9-7-12)10-11-18-13-4-2-1-3-5-13;1-16-12-8-3-2-6-10(12)13(14)11-7-4-5-9-15-11/h2-13,16,21,26H,14-15,17-20H2,1H3,(H,29,31);1-5,12H,6-11H2,(H,16,17);2-9,13H,14H2,1H3. The first-order valence-electron chi connectivity index (χ1n) is 23.0. The zero-order valence-electron chi connectivity index (χ0n) is 38.6. The van der Waals surface area contributed by atoms with Gasteiger partial charge in [-0.15, -0.1) is 0 Å². The number of nitrogens with two attached hydrogens (primary N) is 1. The van der Waals surface area contributed by atoms with Crippen molar-refractivity contribution in [2.24, 2.45) is 17.6 Å². The van der Waals surface area contributed by atoms with Crippen molar-refractivity contribution < 1.29 is 33.6 Å². The van der Waals surface area contributed by atoms with Gasteiger partial charge in [-0.1, -0.05) is 84.9 Å². The van der Waals surface area contributed by atoms with Crippen LogP contribution in [0.4, 0.5) is 0 Å². The van der Waals surface area contributed by atoms with E-state index in [-0.39, 0.29) is 29.8 Å². The molecule has 1 amide bonds. The summed E-state index contributed by atoms with van der Waals surface area (Å²) in [5.41, 5.74) is 9.64. The van der Waals surface area contributed by atoms with Gasteiger partial charge < -0.3 is 35.1 Å². The molecule has 2 atom stereocenters. The Hall–Kier alpha value is -6.80. The minimum absolute atomic E-state index is 0.0165. The van der Waals surface area contributed by atoms with Gasteiger partial charge in [-0.3, -0.25) is 29.4 Å². The summed E-state index contributed by atoms with van der Waals surface area (Å²) >= 11 is 0. The Labute approximate surface area is 394 Å². The number of nitrogens with one attached hydrogen (secondary N) is 1. The van der Waals surface area contributed by atoms with Gasteiger partial charge in [0, 0.05) is 42.5 Å². The second-order valence-electron chi connectivity index (χ2n) is 16.3. The number of pyridine rings is 2. The Morgan fingerprint density at radius 3 is 1.51 bits per heavy atom. The number of carboxylic acids is 1. The lowest BCUT2D eigenvalue weighted by Crippen LogP contribution is -2.43. The molecule has 13 nitrogen and oxygen atoms in total. The summed E-state index contributed by atoms with van der Waals surface area (Å²) in [6.45, 7) is 6.52. The van der Waals surface area contributed by atoms with E-state index in [9.17, 15) is 9.59 Å². The van der Waals surface area contributed by atoms with Crippen molar-refractivity contribution in [3.8, 4) is 23.0 Å². The van der Waals surface area contributed by atoms with Crippen molar-refractivity contribution in [1.82, 2.24) is 25.1 Å². The van der Waals surface area contributed by atoms with Gasteiger partial charge in [-0.2, -0.15) is 0 Å². The van der Waals surface area contributed by atoms with Crippen LogP contribution in [0.15, 0.2) is 158 Å². The van der Waals surface area contributed by atoms with Gasteiger partial charge in [0.25, 0.3) is 0 Å². The van der Waals surface area contributed by atoms with Crippen LogP contribution >= 0.6 is 0 Å². The minimum atomic E-state index is -0.657. The molecule has 0 spiro atoms. The van der Waals surface area contributed by atoms with E-state index in [2.05, 4.69) is 25.1 Å². The molecule has 2 unspecified atom stereocenters. The number of likely N-dealkylation sites (tertiary alicyclic amines) is 2. The molecule has 2 aliphatic rings. The number of rotatable bonds is 17. The molecule has 4 heterocycles. The summed E-state index contributed by atoms with van der Waals surface area (Å²) in [6, 6.07) is 46.0. The van der Waals surface area contributed by atoms with E-state index in [1.807, 2.05) is 146 Å². The number of methoxy groups -OCH3 is 2. The SMILES string of the molecule is COc1ccccc1C(N)c1ccccn1.COc1ccccc1C(NC(=O)C1CCN(CCOc2ccccc2)CC1)c1ccccn1.O=C(O)C1CCN(CCOc2ccccc2)CC1. The average molecular weight is 909 g/mol. The predicted molar refractivity (Wildman–Crippen MR) is 260 cm³/mol. The molecule has 13 heteroatoms. The van der Waals surface area contributed by atoms with E-state index < -0.39 is 5.97 Å². The third-order valence-electron chi connectivity index (χ3n) is 11.9. The fraction of sp³-hybridized carbons (Fsp3) is 0.333. The van der Waals surface area contributed by atoms with Crippen LogP contribution in [0.3, 0.4) is 0 Å². The Bertz CT molecular complexity index is 2330. The number of carboxylic acid groups (broad SMARTS) is 1. The normalized spacial score (nSPS) is 15.3. The zero-order chi connectivity index (χ0) is 47.1. The van der Waals surface area contributed by atoms with Crippen molar-refractivity contribution >= 4 is 11.9 Å². The van der Waals surface area contributed by atoms with Crippen molar-refractivity contribution in [2.45, 2.75) is 37.8 Å². The second-order valence-corrected chi connectivity index (χ2v) is 16.3. The molecule has 2 fully saturated rings. The van der Waals surface area contributed by atoms with Gasteiger partial charge in [0.2, 0.25) is 5.91 Å². The van der Waals surface area contributed by atoms with Gasteiger partial charge in [-0.25, -0.2) is 0 Å². The Kier molecular flexibility index (Phi) is 20.0. The molecule has 0 bridgehead atoms. The van der Waals surface area contributed by atoms with Gasteiger partial charge in [-0.05, 0) is 113 Å². The highest BCUT2D eigenvalue weighted by Crippen LogP contribution is 2.30. The van der Waals surface area contributed by atoms with E-state index >= 15 is 0 Å². The lowest BCUT2D eigenvalue weighted by molar-refractivity contribution is -0.143. The van der Waals surface area contributed by atoms with Crippen LogP contribution in [0, 0.1) is 11.8 Å². The Morgan fingerprint density at radius 2 is 1.03 bits per heavy atom. The van der Waals surface area contributed by atoms with Crippen LogP contribution in [0.5, 0.6) is 23.0 Å². The number of amides is 1. The molecule has 0 saturated carbocycles. The maximum atomic E-state index is 13.2. The molecule has 0 radical (unpaired) electrons. The number of para-hydroxylation sites is 4. The fourth-order valence-electron chi connectivity index (χ4n) is 8.11. The monoisotopic (exact) mass is 908 g/mol. The number of hydrogen-bond donors (Lipinski definition) is 3. The summed E-state index contributed by atoms with van der Waals surface area (Å²) in [4.78, 5) is 37.4. The molecule has 352 valence electrons. The fourth-order valence-corrected chi connectivity index (χ4v) is 8.11. The molecule has 67 heavy (non-hydrogen) atoms. The molecule has 2 saturated heterocycles. The van der Waals surface area contributed by atoms with Crippen LogP contribution in [0.25, 0.3) is 0 Å². The van der Waals surface area contributed by atoms with E-state index in [0.29, 0.717) is 13.2 Å². The number of ether oxygens (including phenoxy) is 4. The van der Waals surface area contributed by atoms with Crippen LogP contribution in [0.1, 0.15) is 60.3 Å². The number of aliphatic carboxylic acids is 1. The van der Waals surface area contributed by atoms with Crippen LogP contribution in [-0.4, -0.2) is 103 Å². The minimum Gasteiger partial charge on any atom is -0.496 e. The van der Waals surface area contributed by atoms with E-state index in [1.165, 1.54) is 0 Å².